The highest BCUT2D eigenvalue weighted by Gasteiger charge is 2.78. The molecule has 3 heterocycles. The maximum Gasteiger partial charge on any atom is 0.250 e. The fraction of sp³-hybridized carbons (Fsp3) is 0.464. The predicted molar refractivity (Wildman–Crippen MR) is 142 cm³/mol. The van der Waals surface area contributed by atoms with Crippen LogP contribution in [0.1, 0.15) is 33.1 Å². The molecule has 9 nitrogen and oxygen atoms in total. The molecule has 3 aliphatic heterocycles. The lowest BCUT2D eigenvalue weighted by Crippen LogP contribution is -2.53. The summed E-state index contributed by atoms with van der Waals surface area (Å²) >= 11 is 6.28. The van der Waals surface area contributed by atoms with Gasteiger partial charge in [-0.3, -0.25) is 14.4 Å². The number of aliphatic hydroxyl groups is 1. The highest BCUT2D eigenvalue weighted by atomic mass is 35.5. The largest absolute Gasteiger partial charge is 0.494 e. The molecule has 3 amide bonds. The number of halogens is 1. The average Bonchev–Trinajstić information content (AvgIpc) is 3.51. The number of rotatable bonds is 9. The summed E-state index contributed by atoms with van der Waals surface area (Å²) in [6, 6.07) is 12.9. The van der Waals surface area contributed by atoms with Gasteiger partial charge in [-0.1, -0.05) is 30.7 Å². The van der Waals surface area contributed by atoms with E-state index in [9.17, 15) is 19.5 Å². The lowest BCUT2D eigenvalue weighted by Gasteiger charge is -2.34. The number of hydrogen-bond donors (Lipinski definition) is 3. The molecule has 2 unspecified atom stereocenters. The Morgan fingerprint density at radius 2 is 1.84 bits per heavy atom. The van der Waals surface area contributed by atoms with Crippen LogP contribution >= 0.6 is 11.6 Å². The van der Waals surface area contributed by atoms with Crippen molar-refractivity contribution in [2.45, 2.75) is 50.4 Å². The third-order valence-electron chi connectivity index (χ3n) is 8.12. The van der Waals surface area contributed by atoms with Crippen molar-refractivity contribution in [3.8, 4) is 5.75 Å². The second-order valence-corrected chi connectivity index (χ2v) is 10.4. The Morgan fingerprint density at radius 3 is 2.50 bits per heavy atom. The van der Waals surface area contributed by atoms with E-state index in [2.05, 4.69) is 10.6 Å². The summed E-state index contributed by atoms with van der Waals surface area (Å²) in [5.41, 5.74) is -1.07. The second kappa shape index (κ2) is 10.2. The van der Waals surface area contributed by atoms with E-state index in [1.807, 2.05) is 13.8 Å². The van der Waals surface area contributed by atoms with E-state index in [4.69, 9.17) is 21.1 Å². The van der Waals surface area contributed by atoms with Crippen LogP contribution in [0.4, 0.5) is 11.4 Å². The van der Waals surface area contributed by atoms with E-state index in [0.29, 0.717) is 48.0 Å². The zero-order valence-corrected chi connectivity index (χ0v) is 22.2. The van der Waals surface area contributed by atoms with Crippen molar-refractivity contribution in [2.24, 2.45) is 11.8 Å². The zero-order valence-electron chi connectivity index (χ0n) is 21.4. The van der Waals surface area contributed by atoms with Crippen molar-refractivity contribution in [1.82, 2.24) is 4.90 Å². The molecule has 38 heavy (non-hydrogen) atoms. The minimum Gasteiger partial charge on any atom is -0.494 e. The third-order valence-corrected chi connectivity index (χ3v) is 8.45. The summed E-state index contributed by atoms with van der Waals surface area (Å²) < 4.78 is 12.2. The van der Waals surface area contributed by atoms with Crippen LogP contribution in [0.25, 0.3) is 0 Å². The minimum atomic E-state index is -1.19. The van der Waals surface area contributed by atoms with Gasteiger partial charge in [0.15, 0.2) is 0 Å². The molecule has 0 radical (unpaired) electrons. The number of nitrogens with one attached hydrogen (secondary N) is 2. The van der Waals surface area contributed by atoms with Gasteiger partial charge in [-0.2, -0.15) is 0 Å². The van der Waals surface area contributed by atoms with Crippen LogP contribution in [0.15, 0.2) is 48.5 Å². The number of amides is 3. The first-order valence-electron chi connectivity index (χ1n) is 13.0. The first-order chi connectivity index (χ1) is 18.3. The zero-order chi connectivity index (χ0) is 27.1. The first kappa shape index (κ1) is 26.5. The maximum absolute atomic E-state index is 13.9. The molecule has 3 N–H and O–H groups in total. The number of anilines is 2. The minimum absolute atomic E-state index is 0.0482. The fourth-order valence-electron chi connectivity index (χ4n) is 6.55. The van der Waals surface area contributed by atoms with Gasteiger partial charge in [0.25, 0.3) is 0 Å². The molecule has 5 atom stereocenters. The number of carbonyl (C=O) groups excluding carboxylic acids is 3. The Bertz CT molecular complexity index is 1240. The van der Waals surface area contributed by atoms with Gasteiger partial charge in [0.1, 0.15) is 17.4 Å². The fourth-order valence-corrected chi connectivity index (χ4v) is 6.73. The van der Waals surface area contributed by atoms with Gasteiger partial charge in [0.05, 0.1) is 41.4 Å². The van der Waals surface area contributed by atoms with Crippen LogP contribution in [-0.2, 0) is 19.1 Å². The molecular weight excluding hydrogens is 510 g/mol. The Morgan fingerprint density at radius 1 is 1.11 bits per heavy atom. The highest BCUT2D eigenvalue weighted by molar-refractivity contribution is 6.33. The molecule has 10 heteroatoms. The van der Waals surface area contributed by atoms with Gasteiger partial charge < -0.3 is 30.1 Å². The van der Waals surface area contributed by atoms with E-state index in [0.717, 1.165) is 0 Å². The number of hydrogen-bond acceptors (Lipinski definition) is 6. The van der Waals surface area contributed by atoms with Gasteiger partial charge in [-0.05, 0) is 62.6 Å². The van der Waals surface area contributed by atoms with E-state index in [1.54, 1.807) is 48.5 Å². The monoisotopic (exact) mass is 541 g/mol. The van der Waals surface area contributed by atoms with E-state index >= 15 is 0 Å². The molecule has 1 spiro atoms. The Labute approximate surface area is 226 Å². The van der Waals surface area contributed by atoms with E-state index in [1.165, 1.54) is 4.90 Å². The number of benzene rings is 2. The Hall–Kier alpha value is -3.14. The molecule has 3 aliphatic rings. The number of aliphatic hydroxyl groups excluding tert-OH is 1. The summed E-state index contributed by atoms with van der Waals surface area (Å²) in [7, 11) is 0. The van der Waals surface area contributed by atoms with Crippen molar-refractivity contribution in [3.63, 3.8) is 0 Å². The first-order valence-corrected chi connectivity index (χ1v) is 13.4. The average molecular weight is 542 g/mol. The standard InChI is InChI=1S/C28H32ClN3O6/c1-3-27-13-14-28(38-27)22(21(27)24(34)30-17-9-11-18(12-10-17)37-4-2)26(36)32(15-16-33)23(28)25(35)31-20-8-6-5-7-19(20)29/h5-12,21-23,33H,3-4,13-16H2,1-2H3,(H,30,34)(H,31,35)/t21-,22+,23?,27+,28?/m1/s1. The molecule has 202 valence electrons. The van der Waals surface area contributed by atoms with Gasteiger partial charge in [0, 0.05) is 12.2 Å². The van der Waals surface area contributed by atoms with Gasteiger partial charge >= 0.3 is 0 Å². The van der Waals surface area contributed by atoms with Crippen LogP contribution in [-0.4, -0.2) is 64.7 Å². The van der Waals surface area contributed by atoms with Gasteiger partial charge in [-0.25, -0.2) is 0 Å². The molecule has 2 aromatic rings. The van der Waals surface area contributed by atoms with E-state index < -0.39 is 35.0 Å². The van der Waals surface area contributed by atoms with Crippen molar-refractivity contribution in [1.29, 1.82) is 0 Å². The van der Waals surface area contributed by atoms with Crippen molar-refractivity contribution in [3.05, 3.63) is 53.6 Å². The summed E-state index contributed by atoms with van der Waals surface area (Å²) in [6.45, 7) is 3.99. The maximum atomic E-state index is 13.9. The number of likely N-dealkylation sites (tertiary alicyclic amines) is 1. The number of nitrogens with zero attached hydrogens (tertiary/aromatic N) is 1. The van der Waals surface area contributed by atoms with Crippen LogP contribution in [0.3, 0.4) is 0 Å². The topological polar surface area (TPSA) is 117 Å². The summed E-state index contributed by atoms with van der Waals surface area (Å²) in [5.74, 6) is -2.10. The Kier molecular flexibility index (Phi) is 7.11. The van der Waals surface area contributed by atoms with Crippen LogP contribution < -0.4 is 15.4 Å². The number of fused-ring (bicyclic) bond motifs is 1. The SMILES string of the molecule is CCOc1ccc(NC(=O)[C@H]2[C@H]3C(=O)N(CCO)C(C(=O)Nc4ccccc4Cl)C34CC[C@]2(CC)O4)cc1. The number of carbonyl (C=O) groups is 3. The Balaban J connectivity index is 1.47. The summed E-state index contributed by atoms with van der Waals surface area (Å²) in [6.07, 6.45) is 1.50. The van der Waals surface area contributed by atoms with Crippen LogP contribution in [0, 0.1) is 11.8 Å². The molecule has 2 bridgehead atoms. The molecule has 3 saturated heterocycles. The molecule has 0 aromatic heterocycles. The lowest BCUT2D eigenvalue weighted by molar-refractivity contribution is -0.144. The van der Waals surface area contributed by atoms with Crippen molar-refractivity contribution in [2.75, 3.05) is 30.4 Å². The third kappa shape index (κ3) is 4.13. The quantitative estimate of drug-likeness (QED) is 0.447. The number of β-amino-alcohol motifs (C(OH)–C–C–N with tert-alkyl or cyclic N) is 1. The van der Waals surface area contributed by atoms with Gasteiger partial charge in [0.2, 0.25) is 17.7 Å². The highest BCUT2D eigenvalue weighted by Crippen LogP contribution is 2.64. The normalized spacial score (nSPS) is 29.3. The summed E-state index contributed by atoms with van der Waals surface area (Å²) in [4.78, 5) is 42.7. The second-order valence-electron chi connectivity index (χ2n) is 10.0. The smallest absolute Gasteiger partial charge is 0.250 e. The summed E-state index contributed by atoms with van der Waals surface area (Å²) in [5, 5.41) is 15.9. The lowest BCUT2D eigenvalue weighted by atomic mass is 9.65. The number of para-hydroxylation sites is 1. The molecule has 5 rings (SSSR count). The molecule has 2 aromatic carbocycles. The van der Waals surface area contributed by atoms with Crippen molar-refractivity contribution >= 4 is 40.7 Å². The van der Waals surface area contributed by atoms with E-state index in [-0.39, 0.29) is 25.0 Å². The van der Waals surface area contributed by atoms with Gasteiger partial charge in [-0.15, -0.1) is 0 Å². The van der Waals surface area contributed by atoms with Crippen LogP contribution in [0.2, 0.25) is 5.02 Å². The predicted octanol–water partition coefficient (Wildman–Crippen LogP) is 3.46. The van der Waals surface area contributed by atoms with Crippen LogP contribution in [0.5, 0.6) is 5.75 Å². The number of ether oxygens (including phenoxy) is 2. The molecule has 0 saturated carbocycles. The molecular formula is C28H32ClN3O6. The van der Waals surface area contributed by atoms with Crippen molar-refractivity contribution < 1.29 is 29.0 Å². The molecule has 3 fully saturated rings. The molecule has 0 aliphatic carbocycles.